The average Bonchev–Trinajstić information content (AvgIpc) is 3.43. The zero-order valence-electron chi connectivity index (χ0n) is 20.3. The quantitative estimate of drug-likeness (QED) is 0.500. The van der Waals surface area contributed by atoms with Crippen molar-refractivity contribution in [1.82, 2.24) is 14.8 Å². The van der Waals surface area contributed by atoms with E-state index in [2.05, 4.69) is 57.4 Å². The molecule has 0 bridgehead atoms. The van der Waals surface area contributed by atoms with Gasteiger partial charge < -0.3 is 24.4 Å². The number of nitrogens with zero attached hydrogens (tertiary/aromatic N) is 3. The number of hydrogen-bond donors (Lipinski definition) is 1. The van der Waals surface area contributed by atoms with Crippen LogP contribution in [0.1, 0.15) is 52.6 Å². The summed E-state index contributed by atoms with van der Waals surface area (Å²) in [6, 6.07) is 12.7. The van der Waals surface area contributed by atoms with E-state index >= 15 is 0 Å². The number of methoxy groups -OCH3 is 1. The van der Waals surface area contributed by atoms with Crippen LogP contribution in [0.25, 0.3) is 5.00 Å². The van der Waals surface area contributed by atoms with Crippen molar-refractivity contribution < 1.29 is 9.53 Å². The molecule has 2 amide bonds. The van der Waals surface area contributed by atoms with Crippen molar-refractivity contribution in [3.63, 3.8) is 0 Å². The lowest BCUT2D eigenvalue weighted by atomic mass is 9.95. The van der Waals surface area contributed by atoms with Crippen LogP contribution in [0.5, 0.6) is 0 Å². The number of thiophene rings is 1. The summed E-state index contributed by atoms with van der Waals surface area (Å²) in [6.07, 6.45) is 7.72. The number of nitrogens with one attached hydrogen (secondary N) is 1. The van der Waals surface area contributed by atoms with E-state index in [1.54, 1.807) is 7.11 Å². The van der Waals surface area contributed by atoms with Gasteiger partial charge in [0.15, 0.2) is 0 Å². The van der Waals surface area contributed by atoms with Gasteiger partial charge in [-0.1, -0.05) is 12.1 Å². The molecule has 1 aliphatic carbocycles. The molecule has 1 aliphatic heterocycles. The van der Waals surface area contributed by atoms with Crippen molar-refractivity contribution in [2.45, 2.75) is 44.7 Å². The van der Waals surface area contributed by atoms with E-state index in [1.807, 2.05) is 30.3 Å². The van der Waals surface area contributed by atoms with Crippen molar-refractivity contribution in [3.05, 3.63) is 69.9 Å². The summed E-state index contributed by atoms with van der Waals surface area (Å²) in [7, 11) is 5.79. The highest BCUT2D eigenvalue weighted by Crippen LogP contribution is 2.44. The van der Waals surface area contributed by atoms with Crippen molar-refractivity contribution in [2.75, 3.05) is 39.3 Å². The molecule has 1 atom stereocenters. The molecule has 2 aromatic heterocycles. The first-order valence-corrected chi connectivity index (χ1v) is 13.0. The summed E-state index contributed by atoms with van der Waals surface area (Å²) in [4.78, 5) is 19.3. The molecule has 0 saturated carbocycles. The number of aromatic nitrogens is 1. The minimum absolute atomic E-state index is 0.0193. The molecular formula is C27H34N4O2S. The summed E-state index contributed by atoms with van der Waals surface area (Å²) in [5.41, 5.74) is 6.23. The molecular weight excluding hydrogens is 444 g/mol. The van der Waals surface area contributed by atoms with Crippen molar-refractivity contribution in [2.24, 2.45) is 0 Å². The van der Waals surface area contributed by atoms with Crippen molar-refractivity contribution >= 4 is 23.1 Å². The number of carbonyl (C=O) groups excluding carboxylic acids is 1. The molecule has 0 radical (unpaired) electrons. The number of anilines is 1. The fourth-order valence-electron chi connectivity index (χ4n) is 5.21. The summed E-state index contributed by atoms with van der Waals surface area (Å²) < 4.78 is 7.51. The Balaban J connectivity index is 1.58. The highest BCUT2D eigenvalue weighted by Gasteiger charge is 2.35. The minimum Gasteiger partial charge on any atom is -0.385 e. The molecule has 5 rings (SSSR count). The lowest BCUT2D eigenvalue weighted by molar-refractivity contribution is 0.174. The highest BCUT2D eigenvalue weighted by atomic mass is 32.1. The lowest BCUT2D eigenvalue weighted by Crippen LogP contribution is -2.42. The predicted octanol–water partition coefficient (Wildman–Crippen LogP) is 5.13. The zero-order valence-corrected chi connectivity index (χ0v) is 21.2. The Hall–Kier alpha value is -2.77. The molecule has 3 aromatic rings. The normalized spacial score (nSPS) is 16.9. The summed E-state index contributed by atoms with van der Waals surface area (Å²) in [6.45, 7) is 1.87. The number of benzene rings is 1. The molecule has 3 heterocycles. The van der Waals surface area contributed by atoms with Crippen LogP contribution in [0.4, 0.5) is 10.5 Å². The number of hydrogen-bond acceptors (Lipinski definition) is 4. The lowest BCUT2D eigenvalue weighted by Gasteiger charge is -2.31. The third kappa shape index (κ3) is 4.23. The van der Waals surface area contributed by atoms with E-state index < -0.39 is 0 Å². The Kier molecular flexibility index (Phi) is 6.66. The largest absolute Gasteiger partial charge is 0.385 e. The first-order chi connectivity index (χ1) is 16.6. The van der Waals surface area contributed by atoms with Crippen LogP contribution < -0.4 is 10.2 Å². The van der Waals surface area contributed by atoms with Gasteiger partial charge in [-0.25, -0.2) is 4.79 Å². The number of rotatable bonds is 6. The molecule has 34 heavy (non-hydrogen) atoms. The molecule has 180 valence electrons. The van der Waals surface area contributed by atoms with E-state index in [-0.39, 0.29) is 12.1 Å². The molecule has 0 spiro atoms. The zero-order chi connectivity index (χ0) is 23.7. The van der Waals surface area contributed by atoms with E-state index in [9.17, 15) is 4.79 Å². The Morgan fingerprint density at radius 3 is 2.71 bits per heavy atom. The van der Waals surface area contributed by atoms with Crippen LogP contribution in [0.15, 0.2) is 42.6 Å². The number of ether oxygens (including phenoxy) is 1. The molecule has 0 saturated heterocycles. The van der Waals surface area contributed by atoms with Gasteiger partial charge in [-0.05, 0) is 67.5 Å². The maximum absolute atomic E-state index is 13.7. The number of amides is 2. The summed E-state index contributed by atoms with van der Waals surface area (Å²) in [5, 5.41) is 4.45. The van der Waals surface area contributed by atoms with E-state index in [0.29, 0.717) is 19.7 Å². The number of carbonyl (C=O) groups is 1. The Morgan fingerprint density at radius 1 is 1.15 bits per heavy atom. The second-order valence-electron chi connectivity index (χ2n) is 9.39. The number of fused-ring (bicyclic) bond motifs is 5. The Morgan fingerprint density at radius 2 is 1.94 bits per heavy atom. The average molecular weight is 479 g/mol. The maximum Gasteiger partial charge on any atom is 0.318 e. The van der Waals surface area contributed by atoms with Gasteiger partial charge in [0.25, 0.3) is 0 Å². The van der Waals surface area contributed by atoms with Gasteiger partial charge >= 0.3 is 6.03 Å². The van der Waals surface area contributed by atoms with Crippen molar-refractivity contribution in [1.29, 1.82) is 0 Å². The molecule has 1 N–H and O–H groups in total. The molecule has 1 aromatic carbocycles. The van der Waals surface area contributed by atoms with E-state index in [1.165, 1.54) is 33.8 Å². The highest BCUT2D eigenvalue weighted by molar-refractivity contribution is 7.15. The van der Waals surface area contributed by atoms with Crippen LogP contribution in [0.3, 0.4) is 0 Å². The SMILES string of the molecule is COCCCNC(=O)N1Cc2c(sc3c2CCCC3)-n2cccc2C1c1ccc(N(C)C)cc1. The molecule has 6 nitrogen and oxygen atoms in total. The van der Waals surface area contributed by atoms with Crippen LogP contribution in [0.2, 0.25) is 0 Å². The number of urea groups is 1. The van der Waals surface area contributed by atoms with Gasteiger partial charge in [-0.15, -0.1) is 11.3 Å². The fourth-order valence-corrected chi connectivity index (χ4v) is 6.61. The van der Waals surface area contributed by atoms with Crippen LogP contribution in [-0.4, -0.2) is 49.9 Å². The van der Waals surface area contributed by atoms with Crippen LogP contribution >= 0.6 is 11.3 Å². The minimum atomic E-state index is -0.160. The van der Waals surface area contributed by atoms with Gasteiger partial charge in [0.05, 0.1) is 18.3 Å². The molecule has 2 aliphatic rings. The second kappa shape index (κ2) is 9.84. The predicted molar refractivity (Wildman–Crippen MR) is 138 cm³/mol. The third-order valence-corrected chi connectivity index (χ3v) is 8.30. The Bertz CT molecular complexity index is 1150. The van der Waals surface area contributed by atoms with Crippen molar-refractivity contribution in [3.8, 4) is 5.00 Å². The first kappa shape index (κ1) is 23.0. The van der Waals surface area contributed by atoms with Gasteiger partial charge in [-0.3, -0.25) is 0 Å². The fraction of sp³-hybridized carbons (Fsp3) is 0.444. The van der Waals surface area contributed by atoms with Gasteiger partial charge in [0, 0.05) is 56.7 Å². The third-order valence-electron chi connectivity index (χ3n) is 6.97. The number of aryl methyl sites for hydroxylation is 1. The first-order valence-electron chi connectivity index (χ1n) is 12.2. The monoisotopic (exact) mass is 478 g/mol. The summed E-state index contributed by atoms with van der Waals surface area (Å²) in [5.74, 6) is 0. The van der Waals surface area contributed by atoms with Gasteiger partial charge in [-0.2, -0.15) is 0 Å². The van der Waals surface area contributed by atoms with Crippen LogP contribution in [0, 0.1) is 0 Å². The summed E-state index contributed by atoms with van der Waals surface area (Å²) >= 11 is 1.92. The van der Waals surface area contributed by atoms with Gasteiger partial charge in [0.1, 0.15) is 5.00 Å². The molecule has 1 unspecified atom stereocenters. The maximum atomic E-state index is 13.7. The Labute approximate surface area is 206 Å². The van der Waals surface area contributed by atoms with Gasteiger partial charge in [0.2, 0.25) is 0 Å². The standard InChI is InChI=1S/C27H34N4O2S/c1-29(2)20-13-11-19(12-14-20)25-23-9-6-16-30(23)26-22(21-8-4-5-10-24(21)34-26)18-31(25)27(32)28-15-7-17-33-3/h6,9,11-14,16,25H,4-5,7-8,10,15,17-18H2,1-3H3,(H,28,32). The second-order valence-corrected chi connectivity index (χ2v) is 10.5. The molecule has 0 fully saturated rings. The molecule has 7 heteroatoms. The van der Waals surface area contributed by atoms with Crippen LogP contribution in [-0.2, 0) is 24.1 Å². The smallest absolute Gasteiger partial charge is 0.318 e. The van der Waals surface area contributed by atoms with E-state index in [0.717, 1.165) is 36.2 Å². The topological polar surface area (TPSA) is 49.7 Å². The van der Waals surface area contributed by atoms with E-state index in [4.69, 9.17) is 4.74 Å².